The first-order chi connectivity index (χ1) is 6.77. The molecule has 0 aromatic heterocycles. The van der Waals surface area contributed by atoms with Gasteiger partial charge in [-0.25, -0.2) is 0 Å². The first kappa shape index (κ1) is 11.4. The second-order valence-corrected chi connectivity index (χ2v) is 4.57. The molecule has 2 unspecified atom stereocenters. The van der Waals surface area contributed by atoms with Gasteiger partial charge >= 0.3 is 0 Å². The molecule has 0 aromatic rings. The van der Waals surface area contributed by atoms with Gasteiger partial charge in [0, 0.05) is 18.2 Å². The quantitative estimate of drug-likeness (QED) is 0.769. The molecule has 1 rings (SSSR count). The third-order valence-electron chi connectivity index (χ3n) is 2.56. The highest BCUT2D eigenvalue weighted by atomic mass is 32.2. The van der Waals surface area contributed by atoms with Crippen molar-refractivity contribution in [2.24, 2.45) is 5.92 Å². The van der Waals surface area contributed by atoms with Crippen LogP contribution >= 0.6 is 11.8 Å². The van der Waals surface area contributed by atoms with Gasteiger partial charge in [0.2, 0.25) is 5.91 Å². The summed E-state index contributed by atoms with van der Waals surface area (Å²) >= 11 is 1.67. The second-order valence-electron chi connectivity index (χ2n) is 3.58. The molecule has 3 nitrogen and oxygen atoms in total. The highest BCUT2D eigenvalue weighted by molar-refractivity contribution is 7.98. The van der Waals surface area contributed by atoms with Gasteiger partial charge in [-0.05, 0) is 25.5 Å². The van der Waals surface area contributed by atoms with Gasteiger partial charge in [0.05, 0.1) is 12.0 Å². The van der Waals surface area contributed by atoms with E-state index in [0.29, 0.717) is 6.42 Å². The van der Waals surface area contributed by atoms with Crippen molar-refractivity contribution in [3.8, 4) is 6.07 Å². The minimum absolute atomic E-state index is 0.0354. The third-order valence-corrected chi connectivity index (χ3v) is 3.17. The lowest BCUT2D eigenvalue weighted by molar-refractivity contribution is -0.121. The maximum Gasteiger partial charge on any atom is 0.221 e. The molecule has 1 amide bonds. The van der Waals surface area contributed by atoms with E-state index in [1.165, 1.54) is 0 Å². The molecule has 1 aliphatic carbocycles. The van der Waals surface area contributed by atoms with Gasteiger partial charge in [-0.1, -0.05) is 0 Å². The summed E-state index contributed by atoms with van der Waals surface area (Å²) in [5.41, 5.74) is 0. The molecule has 1 aliphatic rings. The number of nitriles is 1. The fourth-order valence-electron chi connectivity index (χ4n) is 1.76. The van der Waals surface area contributed by atoms with Crippen LogP contribution in [0.25, 0.3) is 0 Å². The molecule has 4 heteroatoms. The monoisotopic (exact) mass is 212 g/mol. The average molecular weight is 212 g/mol. The highest BCUT2D eigenvalue weighted by Crippen LogP contribution is 2.24. The van der Waals surface area contributed by atoms with E-state index in [4.69, 9.17) is 5.26 Å². The Morgan fingerprint density at radius 3 is 3.07 bits per heavy atom. The summed E-state index contributed by atoms with van der Waals surface area (Å²) in [6.07, 6.45) is 5.51. The molecule has 0 heterocycles. The predicted molar refractivity (Wildman–Crippen MR) is 57.9 cm³/mol. The maximum absolute atomic E-state index is 11.4. The molecule has 1 fully saturated rings. The number of rotatable bonds is 4. The summed E-state index contributed by atoms with van der Waals surface area (Å²) in [6.45, 7) is 0. The number of carbonyl (C=O) groups excluding carboxylic acids is 1. The van der Waals surface area contributed by atoms with E-state index in [-0.39, 0.29) is 17.9 Å². The van der Waals surface area contributed by atoms with Gasteiger partial charge in [0.15, 0.2) is 0 Å². The van der Waals surface area contributed by atoms with Crippen LogP contribution in [-0.4, -0.2) is 24.0 Å². The lowest BCUT2D eigenvalue weighted by Crippen LogP contribution is -2.37. The van der Waals surface area contributed by atoms with Gasteiger partial charge in [0.25, 0.3) is 0 Å². The Bertz CT molecular complexity index is 237. The Morgan fingerprint density at radius 2 is 2.43 bits per heavy atom. The van der Waals surface area contributed by atoms with Crippen LogP contribution in [0, 0.1) is 17.2 Å². The number of nitrogens with one attached hydrogen (secondary N) is 1. The van der Waals surface area contributed by atoms with Gasteiger partial charge in [-0.3, -0.25) is 4.79 Å². The Labute approximate surface area is 89.2 Å². The zero-order chi connectivity index (χ0) is 10.4. The number of hydrogen-bond acceptors (Lipinski definition) is 3. The molecule has 0 aromatic carbocycles. The Balaban J connectivity index is 2.29. The van der Waals surface area contributed by atoms with Crippen LogP contribution in [0.3, 0.4) is 0 Å². The predicted octanol–water partition coefficient (Wildman–Crippen LogP) is 1.55. The smallest absolute Gasteiger partial charge is 0.221 e. The normalized spacial score (nSPS) is 25.7. The van der Waals surface area contributed by atoms with Crippen molar-refractivity contribution in [2.75, 3.05) is 12.0 Å². The molecule has 2 atom stereocenters. The lowest BCUT2D eigenvalue weighted by atomic mass is 10.1. The summed E-state index contributed by atoms with van der Waals surface area (Å²) in [5, 5.41) is 11.8. The number of amides is 1. The minimum Gasteiger partial charge on any atom is -0.352 e. The molecule has 0 aliphatic heterocycles. The van der Waals surface area contributed by atoms with Crippen molar-refractivity contribution in [3.63, 3.8) is 0 Å². The molecule has 0 saturated heterocycles. The molecular weight excluding hydrogens is 196 g/mol. The SMILES string of the molecule is CSCCC(=O)NC1CCCC1C#N. The molecule has 1 saturated carbocycles. The van der Waals surface area contributed by atoms with Crippen molar-refractivity contribution in [1.82, 2.24) is 5.32 Å². The van der Waals surface area contributed by atoms with Crippen molar-refractivity contribution >= 4 is 17.7 Å². The van der Waals surface area contributed by atoms with Crippen LogP contribution in [-0.2, 0) is 4.79 Å². The Morgan fingerprint density at radius 1 is 1.64 bits per heavy atom. The van der Waals surface area contributed by atoms with Gasteiger partial charge < -0.3 is 5.32 Å². The van der Waals surface area contributed by atoms with Crippen LogP contribution in [0.1, 0.15) is 25.7 Å². The van der Waals surface area contributed by atoms with E-state index in [1.807, 2.05) is 6.26 Å². The molecule has 14 heavy (non-hydrogen) atoms. The number of thioether (sulfide) groups is 1. The first-order valence-electron chi connectivity index (χ1n) is 4.96. The van der Waals surface area contributed by atoms with E-state index in [2.05, 4.69) is 11.4 Å². The molecule has 78 valence electrons. The topological polar surface area (TPSA) is 52.9 Å². The third kappa shape index (κ3) is 3.22. The summed E-state index contributed by atoms with van der Waals surface area (Å²) in [6, 6.07) is 2.36. The molecule has 0 radical (unpaired) electrons. The maximum atomic E-state index is 11.4. The fraction of sp³-hybridized carbons (Fsp3) is 0.800. The van der Waals surface area contributed by atoms with E-state index in [0.717, 1.165) is 25.0 Å². The second kappa shape index (κ2) is 5.92. The minimum atomic E-state index is 0.0354. The van der Waals surface area contributed by atoms with Crippen molar-refractivity contribution in [3.05, 3.63) is 0 Å². The van der Waals surface area contributed by atoms with Gasteiger partial charge in [-0.2, -0.15) is 17.0 Å². The molecular formula is C10H16N2OS. The van der Waals surface area contributed by atoms with Crippen LogP contribution < -0.4 is 5.32 Å². The first-order valence-corrected chi connectivity index (χ1v) is 6.35. The van der Waals surface area contributed by atoms with Crippen LogP contribution in [0.4, 0.5) is 0 Å². The van der Waals surface area contributed by atoms with Gasteiger partial charge in [0.1, 0.15) is 0 Å². The summed E-state index contributed by atoms with van der Waals surface area (Å²) in [5.74, 6) is 0.982. The van der Waals surface area contributed by atoms with Gasteiger partial charge in [-0.15, -0.1) is 0 Å². The standard InChI is InChI=1S/C10H16N2OS/c1-14-6-5-10(13)12-9-4-2-3-8(9)7-11/h8-9H,2-6H2,1H3,(H,12,13). The largest absolute Gasteiger partial charge is 0.352 e. The fourth-order valence-corrected chi connectivity index (χ4v) is 2.15. The van der Waals surface area contributed by atoms with E-state index in [9.17, 15) is 4.79 Å². The summed E-state index contributed by atoms with van der Waals surface area (Å²) in [7, 11) is 0. The molecule has 0 bridgehead atoms. The van der Waals surface area contributed by atoms with Crippen LogP contribution in [0.5, 0.6) is 0 Å². The van der Waals surface area contributed by atoms with E-state index < -0.39 is 0 Å². The van der Waals surface area contributed by atoms with E-state index >= 15 is 0 Å². The summed E-state index contributed by atoms with van der Waals surface area (Å²) in [4.78, 5) is 11.4. The van der Waals surface area contributed by atoms with Crippen molar-refractivity contribution in [2.45, 2.75) is 31.7 Å². The molecule has 1 N–H and O–H groups in total. The number of nitrogens with zero attached hydrogens (tertiary/aromatic N) is 1. The van der Waals surface area contributed by atoms with Crippen molar-refractivity contribution < 1.29 is 4.79 Å². The Hall–Kier alpha value is -0.690. The zero-order valence-electron chi connectivity index (χ0n) is 8.45. The van der Waals surface area contributed by atoms with Crippen molar-refractivity contribution in [1.29, 1.82) is 5.26 Å². The summed E-state index contributed by atoms with van der Waals surface area (Å²) < 4.78 is 0. The van der Waals surface area contributed by atoms with E-state index in [1.54, 1.807) is 11.8 Å². The number of carbonyl (C=O) groups is 1. The molecule has 0 spiro atoms. The Kier molecular flexibility index (Phi) is 4.81. The highest BCUT2D eigenvalue weighted by Gasteiger charge is 2.27. The van der Waals surface area contributed by atoms with Crippen LogP contribution in [0.15, 0.2) is 0 Å². The average Bonchev–Trinajstić information content (AvgIpc) is 2.62. The number of hydrogen-bond donors (Lipinski definition) is 1. The lowest BCUT2D eigenvalue weighted by Gasteiger charge is -2.15. The zero-order valence-corrected chi connectivity index (χ0v) is 9.27. The van der Waals surface area contributed by atoms with Crippen LogP contribution in [0.2, 0.25) is 0 Å².